The maximum absolute atomic E-state index is 13.2. The second-order valence-corrected chi connectivity index (χ2v) is 8.29. The van der Waals surface area contributed by atoms with E-state index in [0.29, 0.717) is 49.0 Å². The summed E-state index contributed by atoms with van der Waals surface area (Å²) in [6.45, 7) is 6.05. The van der Waals surface area contributed by atoms with E-state index < -0.39 is 17.7 Å². The lowest BCUT2D eigenvalue weighted by atomic mass is 10.0. The summed E-state index contributed by atoms with van der Waals surface area (Å²) in [7, 11) is 0. The number of morpholine rings is 1. The number of amides is 1. The van der Waals surface area contributed by atoms with Gasteiger partial charge < -0.3 is 19.2 Å². The highest BCUT2D eigenvalue weighted by Gasteiger charge is 2.47. The van der Waals surface area contributed by atoms with Crippen LogP contribution in [0, 0.1) is 6.92 Å². The molecule has 0 unspecified atom stereocenters. The largest absolute Gasteiger partial charge is 0.505 e. The molecule has 172 valence electrons. The van der Waals surface area contributed by atoms with Gasteiger partial charge in [0.2, 0.25) is 0 Å². The van der Waals surface area contributed by atoms with Gasteiger partial charge in [0.05, 0.1) is 30.7 Å². The Hall–Kier alpha value is -3.43. The van der Waals surface area contributed by atoms with Crippen molar-refractivity contribution >= 4 is 23.1 Å². The number of ether oxygens (including phenoxy) is 1. The first-order valence-electron chi connectivity index (χ1n) is 11.1. The van der Waals surface area contributed by atoms with Gasteiger partial charge in [0.25, 0.3) is 11.7 Å². The second kappa shape index (κ2) is 8.84. The number of imidazole rings is 1. The predicted molar refractivity (Wildman–Crippen MR) is 120 cm³/mol. The Kier molecular flexibility index (Phi) is 5.74. The quantitative estimate of drug-likeness (QED) is 0.350. The van der Waals surface area contributed by atoms with Crippen LogP contribution in [-0.2, 0) is 14.3 Å². The van der Waals surface area contributed by atoms with Crippen molar-refractivity contribution in [1.82, 2.24) is 19.2 Å². The number of carbonyl (C=O) groups excluding carboxylic acids is 2. The van der Waals surface area contributed by atoms with Crippen LogP contribution in [-0.4, -0.2) is 75.4 Å². The molecule has 9 heteroatoms. The van der Waals surface area contributed by atoms with Crippen molar-refractivity contribution in [3.8, 4) is 0 Å². The van der Waals surface area contributed by atoms with Gasteiger partial charge in [-0.1, -0.05) is 6.07 Å². The zero-order chi connectivity index (χ0) is 22.9. The van der Waals surface area contributed by atoms with Crippen LogP contribution in [0.1, 0.15) is 29.6 Å². The Morgan fingerprint density at radius 3 is 2.73 bits per heavy atom. The fraction of sp³-hybridized carbons (Fsp3) is 0.375. The Labute approximate surface area is 190 Å². The van der Waals surface area contributed by atoms with E-state index in [9.17, 15) is 14.7 Å². The SMILES string of the molecule is Cc1nc2ccccn2c1/C(O)=C1\C(=O)C(=O)N(CCCN2CCOCC2)[C@H]1c1ccco1. The molecule has 2 aliphatic rings. The Bertz CT molecular complexity index is 1210. The topological polar surface area (TPSA) is 101 Å². The molecule has 2 aliphatic heterocycles. The summed E-state index contributed by atoms with van der Waals surface area (Å²) < 4.78 is 12.7. The number of hydrogen-bond acceptors (Lipinski definition) is 7. The smallest absolute Gasteiger partial charge is 0.295 e. The number of Topliss-reactive ketones (excluding diaryl/α,β-unsaturated/α-hetero) is 1. The minimum atomic E-state index is -0.793. The molecule has 2 saturated heterocycles. The summed E-state index contributed by atoms with van der Waals surface area (Å²) in [6, 6.07) is 8.13. The molecule has 2 fully saturated rings. The molecule has 1 amide bonds. The number of carbonyl (C=O) groups is 2. The van der Waals surface area contributed by atoms with Crippen LogP contribution in [0.2, 0.25) is 0 Å². The first-order valence-corrected chi connectivity index (χ1v) is 11.1. The van der Waals surface area contributed by atoms with E-state index in [1.165, 1.54) is 11.2 Å². The van der Waals surface area contributed by atoms with Gasteiger partial charge in [-0.15, -0.1) is 0 Å². The van der Waals surface area contributed by atoms with Crippen molar-refractivity contribution < 1.29 is 23.8 Å². The predicted octanol–water partition coefficient (Wildman–Crippen LogP) is 2.38. The highest BCUT2D eigenvalue weighted by atomic mass is 16.5. The van der Waals surface area contributed by atoms with Crippen LogP contribution in [0.25, 0.3) is 11.4 Å². The van der Waals surface area contributed by atoms with Crippen molar-refractivity contribution in [2.45, 2.75) is 19.4 Å². The molecule has 5 heterocycles. The zero-order valence-electron chi connectivity index (χ0n) is 18.4. The van der Waals surface area contributed by atoms with Crippen molar-refractivity contribution in [2.75, 3.05) is 39.4 Å². The number of rotatable bonds is 6. The van der Waals surface area contributed by atoms with Gasteiger partial charge in [-0.3, -0.25) is 18.9 Å². The van der Waals surface area contributed by atoms with E-state index in [0.717, 1.165) is 19.6 Å². The molecule has 0 spiro atoms. The molecule has 9 nitrogen and oxygen atoms in total. The average molecular weight is 450 g/mol. The average Bonchev–Trinajstić information content (AvgIpc) is 3.52. The van der Waals surface area contributed by atoms with E-state index in [4.69, 9.17) is 9.15 Å². The number of likely N-dealkylation sites (tertiary alicyclic amines) is 1. The minimum absolute atomic E-state index is 0.0232. The number of aryl methyl sites for hydroxylation is 1. The van der Waals surface area contributed by atoms with Crippen LogP contribution in [0.4, 0.5) is 0 Å². The molecule has 3 aromatic rings. The van der Waals surface area contributed by atoms with E-state index in [1.54, 1.807) is 29.7 Å². The number of pyridine rings is 1. The Morgan fingerprint density at radius 1 is 1.15 bits per heavy atom. The maximum Gasteiger partial charge on any atom is 0.295 e. The van der Waals surface area contributed by atoms with Crippen molar-refractivity contribution in [3.63, 3.8) is 0 Å². The molecule has 0 aliphatic carbocycles. The summed E-state index contributed by atoms with van der Waals surface area (Å²) in [6.07, 6.45) is 3.96. The Morgan fingerprint density at radius 2 is 1.97 bits per heavy atom. The summed E-state index contributed by atoms with van der Waals surface area (Å²) in [5.74, 6) is -1.16. The van der Waals surface area contributed by atoms with Crippen molar-refractivity contribution in [2.24, 2.45) is 0 Å². The number of aliphatic hydroxyl groups excluding tert-OH is 1. The van der Waals surface area contributed by atoms with Gasteiger partial charge in [0.15, 0.2) is 5.76 Å². The van der Waals surface area contributed by atoms with Gasteiger partial charge in [0.1, 0.15) is 23.1 Å². The molecular weight excluding hydrogens is 424 g/mol. The fourth-order valence-electron chi connectivity index (χ4n) is 4.67. The van der Waals surface area contributed by atoms with Crippen LogP contribution in [0.5, 0.6) is 0 Å². The number of furan rings is 1. The monoisotopic (exact) mass is 450 g/mol. The third-order valence-electron chi connectivity index (χ3n) is 6.26. The van der Waals surface area contributed by atoms with Crippen molar-refractivity contribution in [1.29, 1.82) is 0 Å². The zero-order valence-corrected chi connectivity index (χ0v) is 18.4. The highest BCUT2D eigenvalue weighted by molar-refractivity contribution is 6.46. The van der Waals surface area contributed by atoms with Gasteiger partial charge in [0, 0.05) is 32.4 Å². The molecule has 1 N–H and O–H groups in total. The molecule has 0 aromatic carbocycles. The summed E-state index contributed by atoms with van der Waals surface area (Å²) >= 11 is 0. The standard InChI is InChI=1S/C24H26N4O5/c1-16-20(27-9-3-2-7-18(27)25-16)22(29)19-21(17-6-4-13-33-17)28(24(31)23(19)30)10-5-8-26-11-14-32-15-12-26/h2-4,6-7,9,13,21,29H,5,8,10-12,14-15H2,1H3/b22-19+/t21-/m0/s1. The van der Waals surface area contributed by atoms with E-state index >= 15 is 0 Å². The Balaban J connectivity index is 1.51. The molecule has 1 atom stereocenters. The summed E-state index contributed by atoms with van der Waals surface area (Å²) in [5, 5.41) is 11.3. The third kappa shape index (κ3) is 3.83. The maximum atomic E-state index is 13.2. The lowest BCUT2D eigenvalue weighted by Crippen LogP contribution is -2.38. The molecule has 5 rings (SSSR count). The first-order chi connectivity index (χ1) is 16.1. The van der Waals surface area contributed by atoms with Gasteiger partial charge >= 0.3 is 0 Å². The van der Waals surface area contributed by atoms with Crippen LogP contribution in [0.3, 0.4) is 0 Å². The van der Waals surface area contributed by atoms with Gasteiger partial charge in [-0.2, -0.15) is 0 Å². The van der Waals surface area contributed by atoms with Gasteiger partial charge in [-0.25, -0.2) is 4.98 Å². The second-order valence-electron chi connectivity index (χ2n) is 8.29. The van der Waals surface area contributed by atoms with E-state index in [-0.39, 0.29) is 11.3 Å². The highest BCUT2D eigenvalue weighted by Crippen LogP contribution is 2.40. The van der Waals surface area contributed by atoms with Crippen molar-refractivity contribution in [3.05, 3.63) is 65.5 Å². The lowest BCUT2D eigenvalue weighted by molar-refractivity contribution is -0.140. The van der Waals surface area contributed by atoms with E-state index in [2.05, 4.69) is 9.88 Å². The molecular formula is C24H26N4O5. The number of fused-ring (bicyclic) bond motifs is 1. The third-order valence-corrected chi connectivity index (χ3v) is 6.26. The summed E-state index contributed by atoms with van der Waals surface area (Å²) in [4.78, 5) is 34.5. The number of aliphatic hydroxyl groups is 1. The number of nitrogens with zero attached hydrogens (tertiary/aromatic N) is 4. The normalized spacial score (nSPS) is 21.4. The number of hydrogen-bond donors (Lipinski definition) is 1. The molecule has 3 aromatic heterocycles. The molecule has 0 saturated carbocycles. The number of aromatic nitrogens is 2. The van der Waals surface area contributed by atoms with Gasteiger partial charge in [-0.05, 0) is 37.6 Å². The lowest BCUT2D eigenvalue weighted by Gasteiger charge is -2.28. The molecule has 0 bridgehead atoms. The molecule has 33 heavy (non-hydrogen) atoms. The molecule has 0 radical (unpaired) electrons. The van der Waals surface area contributed by atoms with Crippen LogP contribution < -0.4 is 0 Å². The number of ketones is 1. The minimum Gasteiger partial charge on any atom is -0.505 e. The summed E-state index contributed by atoms with van der Waals surface area (Å²) in [5.41, 5.74) is 1.63. The van der Waals surface area contributed by atoms with Crippen LogP contribution >= 0.6 is 0 Å². The van der Waals surface area contributed by atoms with E-state index in [1.807, 2.05) is 18.2 Å². The fourth-order valence-corrected chi connectivity index (χ4v) is 4.67. The van der Waals surface area contributed by atoms with Crippen LogP contribution in [0.15, 0.2) is 52.8 Å². The first kappa shape index (κ1) is 21.4.